The van der Waals surface area contributed by atoms with Crippen LogP contribution in [-0.4, -0.2) is 45.3 Å². The first kappa shape index (κ1) is 24.5. The summed E-state index contributed by atoms with van der Waals surface area (Å²) in [4.78, 5) is 16.2. The molecule has 0 spiro atoms. The second-order valence-corrected chi connectivity index (χ2v) is 7.00. The maximum absolute atomic E-state index is 11.8. The predicted molar refractivity (Wildman–Crippen MR) is 124 cm³/mol. The number of esters is 1. The molecule has 1 fully saturated rings. The predicted octanol–water partition coefficient (Wildman–Crippen LogP) is 3.45. The standard InChI is InChI=1S/C21H33N3O3.HI/c1-5-27-20(25)17-8-10-18(11-9-17)24-21(22-3)23-13-12-16-7-6-15(2)19(14-16)26-4;/h6-7,14,17-18H,5,8-13H2,1-4H3,(H2,22,23,24);1H. The van der Waals surface area contributed by atoms with Crippen LogP contribution in [0.4, 0.5) is 0 Å². The molecule has 1 saturated carbocycles. The third-order valence-corrected chi connectivity index (χ3v) is 5.09. The molecule has 158 valence electrons. The number of ether oxygens (including phenoxy) is 2. The van der Waals surface area contributed by atoms with Crippen LogP contribution in [0, 0.1) is 12.8 Å². The lowest BCUT2D eigenvalue weighted by atomic mass is 9.86. The number of aryl methyl sites for hydroxylation is 1. The highest BCUT2D eigenvalue weighted by Gasteiger charge is 2.27. The van der Waals surface area contributed by atoms with Gasteiger partial charge in [-0.15, -0.1) is 24.0 Å². The number of aliphatic imine (C=N–C) groups is 1. The van der Waals surface area contributed by atoms with Crippen molar-refractivity contribution in [2.24, 2.45) is 10.9 Å². The SMILES string of the molecule is CCOC(=O)C1CCC(NC(=NC)NCCc2ccc(C)c(OC)c2)CC1.I. The van der Waals surface area contributed by atoms with Crippen LogP contribution in [0.25, 0.3) is 0 Å². The fourth-order valence-corrected chi connectivity index (χ4v) is 3.47. The van der Waals surface area contributed by atoms with E-state index in [1.807, 2.05) is 13.8 Å². The zero-order valence-electron chi connectivity index (χ0n) is 17.4. The smallest absolute Gasteiger partial charge is 0.308 e. The van der Waals surface area contributed by atoms with Crippen molar-refractivity contribution in [3.63, 3.8) is 0 Å². The minimum atomic E-state index is -0.0491. The van der Waals surface area contributed by atoms with Crippen molar-refractivity contribution >= 4 is 35.9 Å². The van der Waals surface area contributed by atoms with Gasteiger partial charge in [-0.25, -0.2) is 0 Å². The number of nitrogens with one attached hydrogen (secondary N) is 2. The highest BCUT2D eigenvalue weighted by molar-refractivity contribution is 14.0. The maximum Gasteiger partial charge on any atom is 0.308 e. The Morgan fingerprint density at radius 2 is 1.96 bits per heavy atom. The number of hydrogen-bond donors (Lipinski definition) is 2. The molecule has 0 amide bonds. The molecule has 0 unspecified atom stereocenters. The van der Waals surface area contributed by atoms with Crippen LogP contribution in [0.1, 0.15) is 43.7 Å². The van der Waals surface area contributed by atoms with Crippen LogP contribution in [-0.2, 0) is 16.0 Å². The Kier molecular flexibility index (Phi) is 11.3. The van der Waals surface area contributed by atoms with Gasteiger partial charge < -0.3 is 20.1 Å². The van der Waals surface area contributed by atoms with Gasteiger partial charge in [0.05, 0.1) is 19.6 Å². The van der Waals surface area contributed by atoms with E-state index in [1.54, 1.807) is 14.2 Å². The maximum atomic E-state index is 11.8. The van der Waals surface area contributed by atoms with Crippen LogP contribution in [0.3, 0.4) is 0 Å². The summed E-state index contributed by atoms with van der Waals surface area (Å²) in [6.07, 6.45) is 4.55. The van der Waals surface area contributed by atoms with Crippen LogP contribution in [0.15, 0.2) is 23.2 Å². The molecule has 1 aliphatic rings. The third-order valence-electron chi connectivity index (χ3n) is 5.09. The topological polar surface area (TPSA) is 72.0 Å². The summed E-state index contributed by atoms with van der Waals surface area (Å²) in [6.45, 7) is 5.15. The molecular weight excluding hydrogens is 469 g/mol. The molecule has 28 heavy (non-hydrogen) atoms. The van der Waals surface area contributed by atoms with Crippen LogP contribution in [0.5, 0.6) is 5.75 Å². The lowest BCUT2D eigenvalue weighted by Crippen LogP contribution is -2.45. The second kappa shape index (κ2) is 12.9. The van der Waals surface area contributed by atoms with E-state index >= 15 is 0 Å². The van der Waals surface area contributed by atoms with Crippen molar-refractivity contribution in [1.82, 2.24) is 10.6 Å². The molecule has 1 aromatic carbocycles. The Balaban J connectivity index is 0.00000392. The number of carbonyl (C=O) groups excluding carboxylic acids is 1. The minimum Gasteiger partial charge on any atom is -0.496 e. The number of benzene rings is 1. The molecule has 0 saturated heterocycles. The first-order valence-corrected chi connectivity index (χ1v) is 9.84. The Morgan fingerprint density at radius 1 is 1.25 bits per heavy atom. The quantitative estimate of drug-likeness (QED) is 0.258. The first-order chi connectivity index (χ1) is 13.1. The fraction of sp³-hybridized carbons (Fsp3) is 0.619. The van der Waals surface area contributed by atoms with Gasteiger partial charge in [0, 0.05) is 19.6 Å². The van der Waals surface area contributed by atoms with Gasteiger partial charge in [0.1, 0.15) is 5.75 Å². The molecule has 7 heteroatoms. The van der Waals surface area contributed by atoms with Gasteiger partial charge in [-0.2, -0.15) is 0 Å². The lowest BCUT2D eigenvalue weighted by molar-refractivity contribution is -0.149. The van der Waals surface area contributed by atoms with Crippen molar-refractivity contribution in [3.05, 3.63) is 29.3 Å². The van der Waals surface area contributed by atoms with Gasteiger partial charge in [-0.05, 0) is 63.1 Å². The van der Waals surface area contributed by atoms with Gasteiger partial charge in [0.25, 0.3) is 0 Å². The van der Waals surface area contributed by atoms with Crippen molar-refractivity contribution in [3.8, 4) is 5.75 Å². The number of methoxy groups -OCH3 is 1. The molecule has 0 bridgehead atoms. The lowest BCUT2D eigenvalue weighted by Gasteiger charge is -2.29. The van der Waals surface area contributed by atoms with E-state index in [0.29, 0.717) is 12.6 Å². The summed E-state index contributed by atoms with van der Waals surface area (Å²) in [7, 11) is 3.49. The van der Waals surface area contributed by atoms with Crippen molar-refractivity contribution in [2.45, 2.75) is 52.0 Å². The van der Waals surface area contributed by atoms with Crippen molar-refractivity contribution in [2.75, 3.05) is 27.3 Å². The van der Waals surface area contributed by atoms with E-state index in [2.05, 4.69) is 33.8 Å². The molecule has 2 rings (SSSR count). The van der Waals surface area contributed by atoms with E-state index in [-0.39, 0.29) is 35.9 Å². The Bertz CT molecular complexity index is 644. The number of rotatable bonds is 7. The molecule has 2 N–H and O–H groups in total. The molecule has 1 aliphatic carbocycles. The number of guanidine groups is 1. The molecule has 0 heterocycles. The molecule has 0 aliphatic heterocycles. The fourth-order valence-electron chi connectivity index (χ4n) is 3.47. The Morgan fingerprint density at radius 3 is 2.57 bits per heavy atom. The molecular formula is C21H34IN3O3. The van der Waals surface area contributed by atoms with Crippen LogP contribution >= 0.6 is 24.0 Å². The summed E-state index contributed by atoms with van der Waals surface area (Å²) < 4.78 is 10.5. The van der Waals surface area contributed by atoms with Crippen LogP contribution in [0.2, 0.25) is 0 Å². The highest BCUT2D eigenvalue weighted by Crippen LogP contribution is 2.25. The van der Waals surface area contributed by atoms with Crippen molar-refractivity contribution < 1.29 is 14.3 Å². The third kappa shape index (κ3) is 7.48. The van der Waals surface area contributed by atoms with E-state index in [0.717, 1.165) is 55.9 Å². The number of nitrogens with zero attached hydrogens (tertiary/aromatic N) is 1. The van der Waals surface area contributed by atoms with Gasteiger partial charge >= 0.3 is 5.97 Å². The summed E-state index contributed by atoms with van der Waals surface area (Å²) in [5, 5.41) is 6.86. The monoisotopic (exact) mass is 503 g/mol. The van der Waals surface area contributed by atoms with Gasteiger partial charge in [-0.3, -0.25) is 9.79 Å². The summed E-state index contributed by atoms with van der Waals surface area (Å²) in [5.74, 6) is 1.74. The molecule has 0 aromatic heterocycles. The minimum absolute atomic E-state index is 0. The highest BCUT2D eigenvalue weighted by atomic mass is 127. The largest absolute Gasteiger partial charge is 0.496 e. The summed E-state index contributed by atoms with van der Waals surface area (Å²) in [5.41, 5.74) is 2.38. The van der Waals surface area contributed by atoms with E-state index in [1.165, 1.54) is 5.56 Å². The van der Waals surface area contributed by atoms with E-state index < -0.39 is 0 Å². The number of carbonyl (C=O) groups is 1. The average molecular weight is 503 g/mol. The van der Waals surface area contributed by atoms with Gasteiger partial charge in [-0.1, -0.05) is 12.1 Å². The van der Waals surface area contributed by atoms with Gasteiger partial charge in [0.15, 0.2) is 5.96 Å². The zero-order chi connectivity index (χ0) is 19.6. The molecule has 0 atom stereocenters. The molecule has 6 nitrogen and oxygen atoms in total. The Hall–Kier alpha value is -1.51. The number of halogens is 1. The normalized spacial score (nSPS) is 19.4. The zero-order valence-corrected chi connectivity index (χ0v) is 19.7. The van der Waals surface area contributed by atoms with Crippen molar-refractivity contribution in [1.29, 1.82) is 0 Å². The molecule has 1 aromatic rings. The van der Waals surface area contributed by atoms with Gasteiger partial charge in [0.2, 0.25) is 0 Å². The summed E-state index contributed by atoms with van der Waals surface area (Å²) in [6, 6.07) is 6.65. The second-order valence-electron chi connectivity index (χ2n) is 7.00. The van der Waals surface area contributed by atoms with E-state index in [9.17, 15) is 4.79 Å². The summed E-state index contributed by atoms with van der Waals surface area (Å²) >= 11 is 0. The van der Waals surface area contributed by atoms with E-state index in [4.69, 9.17) is 9.47 Å². The first-order valence-electron chi connectivity index (χ1n) is 9.84. The van der Waals surface area contributed by atoms with Crippen LogP contribution < -0.4 is 15.4 Å². The molecule has 0 radical (unpaired) electrons. The Labute approximate surface area is 185 Å². The number of hydrogen-bond acceptors (Lipinski definition) is 4. The average Bonchev–Trinajstić information content (AvgIpc) is 2.69.